The summed E-state index contributed by atoms with van der Waals surface area (Å²) in [5.41, 5.74) is 0.436. The first-order valence-electron chi connectivity index (χ1n) is 4.95. The third-order valence-corrected chi connectivity index (χ3v) is 1.80. The van der Waals surface area contributed by atoms with Gasteiger partial charge in [0.05, 0.1) is 6.61 Å². The maximum absolute atomic E-state index is 12.1. The molecule has 0 unspecified atom stereocenters. The molecule has 0 N–H and O–H groups in total. The topological polar surface area (TPSA) is 18.5 Å². The molecule has 5 heteroatoms. The minimum atomic E-state index is -4.75. The lowest BCUT2D eigenvalue weighted by Crippen LogP contribution is -2.17. The van der Waals surface area contributed by atoms with Crippen LogP contribution in [0.4, 0.5) is 13.2 Å². The summed E-state index contributed by atoms with van der Waals surface area (Å²) >= 11 is 0. The first-order chi connectivity index (χ1) is 7.96. The molecule has 0 saturated carbocycles. The Balaban J connectivity index is 2.98. The summed E-state index contributed by atoms with van der Waals surface area (Å²) in [4.78, 5) is 0. The van der Waals surface area contributed by atoms with E-state index in [0.717, 1.165) is 6.07 Å². The summed E-state index contributed by atoms with van der Waals surface area (Å²) in [6.07, 6.45) is 1.08. The number of hydrogen-bond donors (Lipinski definition) is 0. The van der Waals surface area contributed by atoms with Crippen LogP contribution in [0.1, 0.15) is 18.9 Å². The van der Waals surface area contributed by atoms with Crippen LogP contribution in [-0.4, -0.2) is 13.0 Å². The SMILES string of the molecule is C#Cc1ccc(OC(F)(F)F)c(OCCC)c1. The molecule has 0 atom stereocenters. The molecule has 1 rings (SSSR count). The van der Waals surface area contributed by atoms with Gasteiger partial charge in [-0.15, -0.1) is 19.6 Å². The van der Waals surface area contributed by atoms with Crippen LogP contribution in [0.3, 0.4) is 0 Å². The summed E-state index contributed by atoms with van der Waals surface area (Å²) in [5.74, 6) is 1.93. The summed E-state index contributed by atoms with van der Waals surface area (Å²) in [6.45, 7) is 2.14. The molecule has 0 heterocycles. The highest BCUT2D eigenvalue weighted by Gasteiger charge is 2.32. The first kappa shape index (κ1) is 13.2. The summed E-state index contributed by atoms with van der Waals surface area (Å²) in [7, 11) is 0. The van der Waals surface area contributed by atoms with Crippen molar-refractivity contribution in [2.45, 2.75) is 19.7 Å². The molecule has 0 aromatic heterocycles. The van der Waals surface area contributed by atoms with Crippen molar-refractivity contribution in [2.24, 2.45) is 0 Å². The van der Waals surface area contributed by atoms with E-state index in [4.69, 9.17) is 11.2 Å². The third-order valence-electron chi connectivity index (χ3n) is 1.80. The lowest BCUT2D eigenvalue weighted by atomic mass is 10.2. The summed E-state index contributed by atoms with van der Waals surface area (Å²) in [6, 6.07) is 3.85. The predicted molar refractivity (Wildman–Crippen MR) is 56.8 cm³/mol. The molecule has 0 aliphatic heterocycles. The maximum atomic E-state index is 12.1. The summed E-state index contributed by atoms with van der Waals surface area (Å²) in [5, 5.41) is 0. The van der Waals surface area contributed by atoms with Crippen molar-refractivity contribution in [3.63, 3.8) is 0 Å². The van der Waals surface area contributed by atoms with Crippen LogP contribution < -0.4 is 9.47 Å². The standard InChI is InChI=1S/C12H11F3O2/c1-3-7-16-11-8-9(4-2)5-6-10(11)17-12(13,14)15/h2,5-6,8H,3,7H2,1H3. The van der Waals surface area contributed by atoms with E-state index < -0.39 is 6.36 Å². The molecule has 92 valence electrons. The Morgan fingerprint density at radius 3 is 2.53 bits per heavy atom. The molecule has 0 spiro atoms. The van der Waals surface area contributed by atoms with Crippen LogP contribution in [0.25, 0.3) is 0 Å². The van der Waals surface area contributed by atoms with E-state index in [2.05, 4.69) is 10.7 Å². The Morgan fingerprint density at radius 2 is 2.00 bits per heavy atom. The Bertz CT molecular complexity index is 419. The highest BCUT2D eigenvalue weighted by molar-refractivity contribution is 5.47. The zero-order valence-electron chi connectivity index (χ0n) is 9.17. The van der Waals surface area contributed by atoms with Crippen molar-refractivity contribution in [1.82, 2.24) is 0 Å². The minimum Gasteiger partial charge on any atom is -0.490 e. The highest BCUT2D eigenvalue weighted by atomic mass is 19.4. The van der Waals surface area contributed by atoms with Gasteiger partial charge in [0.2, 0.25) is 0 Å². The second-order valence-electron chi connectivity index (χ2n) is 3.20. The molecule has 0 aliphatic rings. The van der Waals surface area contributed by atoms with Gasteiger partial charge in [-0.3, -0.25) is 0 Å². The fraction of sp³-hybridized carbons (Fsp3) is 0.333. The van der Waals surface area contributed by atoms with E-state index >= 15 is 0 Å². The van der Waals surface area contributed by atoms with Gasteiger partial charge < -0.3 is 9.47 Å². The minimum absolute atomic E-state index is 0.000347. The molecular formula is C12H11F3O2. The van der Waals surface area contributed by atoms with Gasteiger partial charge in [0.25, 0.3) is 0 Å². The van der Waals surface area contributed by atoms with Gasteiger partial charge >= 0.3 is 6.36 Å². The lowest BCUT2D eigenvalue weighted by molar-refractivity contribution is -0.275. The van der Waals surface area contributed by atoms with Crippen molar-refractivity contribution in [3.05, 3.63) is 23.8 Å². The number of rotatable bonds is 4. The number of benzene rings is 1. The third kappa shape index (κ3) is 4.27. The van der Waals surface area contributed by atoms with Crippen molar-refractivity contribution >= 4 is 0 Å². The summed E-state index contributed by atoms with van der Waals surface area (Å²) < 4.78 is 45.3. The van der Waals surface area contributed by atoms with Crippen LogP contribution >= 0.6 is 0 Å². The lowest BCUT2D eigenvalue weighted by Gasteiger charge is -2.14. The van der Waals surface area contributed by atoms with E-state index in [-0.39, 0.29) is 11.5 Å². The number of alkyl halides is 3. The molecular weight excluding hydrogens is 233 g/mol. The number of halogens is 3. The van der Waals surface area contributed by atoms with Gasteiger partial charge in [-0.1, -0.05) is 12.8 Å². The Kier molecular flexibility index (Phi) is 4.27. The van der Waals surface area contributed by atoms with Crippen LogP contribution in [0.2, 0.25) is 0 Å². The second kappa shape index (κ2) is 5.48. The van der Waals surface area contributed by atoms with Crippen molar-refractivity contribution < 1.29 is 22.6 Å². The van der Waals surface area contributed by atoms with Crippen LogP contribution in [0.5, 0.6) is 11.5 Å². The molecule has 0 radical (unpaired) electrons. The van der Waals surface area contributed by atoms with E-state index in [1.807, 2.05) is 6.92 Å². The molecule has 0 amide bonds. The number of hydrogen-bond acceptors (Lipinski definition) is 2. The van der Waals surface area contributed by atoms with E-state index in [0.29, 0.717) is 18.6 Å². The maximum Gasteiger partial charge on any atom is 0.573 e. The second-order valence-corrected chi connectivity index (χ2v) is 3.20. The predicted octanol–water partition coefficient (Wildman–Crippen LogP) is 3.36. The van der Waals surface area contributed by atoms with Gasteiger partial charge in [-0.2, -0.15) is 0 Å². The number of ether oxygens (including phenoxy) is 2. The smallest absolute Gasteiger partial charge is 0.490 e. The number of terminal acetylenes is 1. The molecule has 0 bridgehead atoms. The van der Waals surface area contributed by atoms with Crippen molar-refractivity contribution in [2.75, 3.05) is 6.61 Å². The molecule has 1 aromatic rings. The molecule has 1 aromatic carbocycles. The fourth-order valence-corrected chi connectivity index (χ4v) is 1.13. The van der Waals surface area contributed by atoms with E-state index in [9.17, 15) is 13.2 Å². The zero-order chi connectivity index (χ0) is 12.9. The van der Waals surface area contributed by atoms with Crippen LogP contribution in [0, 0.1) is 12.3 Å². The highest BCUT2D eigenvalue weighted by Crippen LogP contribution is 2.33. The monoisotopic (exact) mass is 244 g/mol. The quantitative estimate of drug-likeness (QED) is 0.756. The molecule has 0 aliphatic carbocycles. The molecule has 17 heavy (non-hydrogen) atoms. The molecule has 2 nitrogen and oxygen atoms in total. The first-order valence-corrected chi connectivity index (χ1v) is 4.95. The van der Waals surface area contributed by atoms with E-state index in [1.165, 1.54) is 12.1 Å². The van der Waals surface area contributed by atoms with Gasteiger partial charge in [-0.25, -0.2) is 0 Å². The Morgan fingerprint density at radius 1 is 1.29 bits per heavy atom. The Hall–Kier alpha value is -1.83. The molecule has 0 fully saturated rings. The van der Waals surface area contributed by atoms with Crippen molar-refractivity contribution in [3.8, 4) is 23.8 Å². The fourth-order valence-electron chi connectivity index (χ4n) is 1.13. The largest absolute Gasteiger partial charge is 0.573 e. The average Bonchev–Trinajstić information content (AvgIpc) is 2.26. The van der Waals surface area contributed by atoms with E-state index in [1.54, 1.807) is 0 Å². The van der Waals surface area contributed by atoms with Gasteiger partial charge in [0.1, 0.15) is 0 Å². The zero-order valence-corrected chi connectivity index (χ0v) is 9.17. The normalized spacial score (nSPS) is 10.8. The van der Waals surface area contributed by atoms with Crippen molar-refractivity contribution in [1.29, 1.82) is 0 Å². The van der Waals surface area contributed by atoms with Crippen LogP contribution in [0.15, 0.2) is 18.2 Å². The Labute approximate surface area is 97.3 Å². The van der Waals surface area contributed by atoms with Gasteiger partial charge in [-0.05, 0) is 24.6 Å². The van der Waals surface area contributed by atoms with Crippen LogP contribution in [-0.2, 0) is 0 Å². The van der Waals surface area contributed by atoms with Gasteiger partial charge in [0.15, 0.2) is 11.5 Å². The average molecular weight is 244 g/mol. The molecule has 0 saturated heterocycles. The van der Waals surface area contributed by atoms with Gasteiger partial charge in [0, 0.05) is 5.56 Å².